The van der Waals surface area contributed by atoms with Crippen LogP contribution in [0.1, 0.15) is 46.0 Å². The first-order valence-corrected chi connectivity index (χ1v) is 12.8. The predicted molar refractivity (Wildman–Crippen MR) is 134 cm³/mol. The van der Waals surface area contributed by atoms with E-state index < -0.39 is 0 Å². The first-order valence-electron chi connectivity index (χ1n) is 11.9. The van der Waals surface area contributed by atoms with E-state index in [4.69, 9.17) is 4.74 Å². The molecule has 2 aliphatic rings. The number of nitrogens with zero attached hydrogens (tertiary/aromatic N) is 2. The maximum Gasteiger partial charge on any atom is 0.146 e. The number of para-hydroxylation sites is 2. The summed E-state index contributed by atoms with van der Waals surface area (Å²) in [5, 5.41) is 0. The van der Waals surface area contributed by atoms with Gasteiger partial charge in [-0.3, -0.25) is 4.90 Å². The molecule has 178 valence electrons. The number of benzene rings is 2. The molecule has 32 heavy (non-hydrogen) atoms. The Labute approximate surface area is 197 Å². The number of halogens is 2. The van der Waals surface area contributed by atoms with Gasteiger partial charge in [0.05, 0.1) is 18.0 Å². The second-order valence-corrected chi connectivity index (χ2v) is 8.37. The van der Waals surface area contributed by atoms with Gasteiger partial charge in [0, 0.05) is 44.4 Å². The third kappa shape index (κ3) is 8.99. The summed E-state index contributed by atoms with van der Waals surface area (Å²) in [4.78, 5) is 4.81. The van der Waals surface area contributed by atoms with Gasteiger partial charge in [0.1, 0.15) is 11.6 Å². The second kappa shape index (κ2) is 15.9. The van der Waals surface area contributed by atoms with Crippen LogP contribution in [0.3, 0.4) is 0 Å². The fraction of sp³-hybridized carbons (Fsp3) is 0.538. The summed E-state index contributed by atoms with van der Waals surface area (Å²) in [6.07, 6.45) is 6.90. The van der Waals surface area contributed by atoms with Crippen LogP contribution in [0.2, 0.25) is 0 Å². The Bertz CT molecular complexity index is 721. The smallest absolute Gasteiger partial charge is 0.146 e. The summed E-state index contributed by atoms with van der Waals surface area (Å²) in [5.41, 5.74) is 0.769. The predicted octanol–water partition coefficient (Wildman–Crippen LogP) is 6.99. The average Bonchev–Trinajstić information content (AvgIpc) is 2.88. The molecule has 2 fully saturated rings. The van der Waals surface area contributed by atoms with E-state index in [-0.39, 0.29) is 5.82 Å². The SMILES string of the molecule is CC.FSCCOc1ccccc1.Fc1ccccc1N1CCN(C2CCCCC2)CC1. The van der Waals surface area contributed by atoms with Crippen molar-refractivity contribution in [3.8, 4) is 5.75 Å². The molecule has 0 amide bonds. The highest BCUT2D eigenvalue weighted by Crippen LogP contribution is 2.25. The van der Waals surface area contributed by atoms with E-state index in [0.29, 0.717) is 24.5 Å². The molecule has 0 N–H and O–H groups in total. The molecule has 1 saturated carbocycles. The Balaban J connectivity index is 0.000000239. The molecule has 1 aliphatic heterocycles. The van der Waals surface area contributed by atoms with Crippen LogP contribution in [0.5, 0.6) is 5.75 Å². The van der Waals surface area contributed by atoms with Gasteiger partial charge in [-0.05, 0) is 37.1 Å². The highest BCUT2D eigenvalue weighted by atomic mass is 32.2. The molecule has 2 aromatic carbocycles. The number of anilines is 1. The standard InChI is InChI=1S/C16H23FN2.C8H9FOS.C2H6/c17-15-8-4-5-9-16(15)19-12-10-18(11-13-19)14-6-2-1-3-7-14;9-11-7-6-10-8-4-2-1-3-5-8;1-2/h4-5,8-9,14H,1-3,6-7,10-13H2;1-5H,6-7H2;1-2H3. The number of rotatable bonds is 6. The quantitative estimate of drug-likeness (QED) is 0.428. The maximum atomic E-state index is 13.8. The topological polar surface area (TPSA) is 15.7 Å². The Morgan fingerprint density at radius 2 is 1.50 bits per heavy atom. The van der Waals surface area contributed by atoms with Crippen molar-refractivity contribution in [2.45, 2.75) is 52.0 Å². The van der Waals surface area contributed by atoms with Crippen LogP contribution in [0, 0.1) is 5.82 Å². The van der Waals surface area contributed by atoms with Crippen molar-refractivity contribution in [1.82, 2.24) is 4.90 Å². The first kappa shape index (κ1) is 26.5. The third-order valence-electron chi connectivity index (χ3n) is 5.77. The van der Waals surface area contributed by atoms with Crippen LogP contribution >= 0.6 is 12.1 Å². The summed E-state index contributed by atoms with van der Waals surface area (Å²) >= 11 is 0.296. The molecular formula is C26H38F2N2OS. The van der Waals surface area contributed by atoms with Crippen molar-refractivity contribution in [2.75, 3.05) is 43.4 Å². The van der Waals surface area contributed by atoms with E-state index in [2.05, 4.69) is 9.80 Å². The molecular weight excluding hydrogens is 426 g/mol. The fourth-order valence-corrected chi connectivity index (χ4v) is 4.34. The molecule has 3 nitrogen and oxygen atoms in total. The molecule has 2 aromatic rings. The van der Waals surface area contributed by atoms with E-state index in [9.17, 15) is 8.28 Å². The lowest BCUT2D eigenvalue weighted by Gasteiger charge is -2.41. The van der Waals surface area contributed by atoms with Crippen LogP contribution in [-0.4, -0.2) is 49.5 Å². The Kier molecular flexibility index (Phi) is 13.2. The summed E-state index contributed by atoms with van der Waals surface area (Å²) in [6.45, 7) is 8.50. The molecule has 4 rings (SSSR count). The van der Waals surface area contributed by atoms with Gasteiger partial charge in [-0.1, -0.05) is 63.4 Å². The van der Waals surface area contributed by atoms with Gasteiger partial charge in [0.2, 0.25) is 0 Å². The van der Waals surface area contributed by atoms with Crippen molar-refractivity contribution in [3.63, 3.8) is 0 Å². The number of hydrogen-bond donors (Lipinski definition) is 0. The van der Waals surface area contributed by atoms with Crippen LogP contribution in [-0.2, 0) is 0 Å². The number of piperazine rings is 1. The summed E-state index contributed by atoms with van der Waals surface area (Å²) in [6, 6.07) is 17.3. The van der Waals surface area contributed by atoms with Crippen molar-refractivity contribution in [1.29, 1.82) is 0 Å². The van der Waals surface area contributed by atoms with Gasteiger partial charge in [0.25, 0.3) is 0 Å². The maximum absolute atomic E-state index is 13.8. The lowest BCUT2D eigenvalue weighted by atomic mass is 9.94. The molecule has 0 bridgehead atoms. The van der Waals surface area contributed by atoms with Gasteiger partial charge in [-0.25, -0.2) is 4.39 Å². The molecule has 1 saturated heterocycles. The van der Waals surface area contributed by atoms with Gasteiger partial charge in [-0.2, -0.15) is 3.89 Å². The zero-order valence-corrected chi connectivity index (χ0v) is 20.3. The molecule has 0 spiro atoms. The molecule has 6 heteroatoms. The van der Waals surface area contributed by atoms with Crippen LogP contribution in [0.25, 0.3) is 0 Å². The van der Waals surface area contributed by atoms with Gasteiger partial charge in [0.15, 0.2) is 0 Å². The molecule has 0 unspecified atom stereocenters. The second-order valence-electron chi connectivity index (χ2n) is 7.74. The number of hydrogen-bond acceptors (Lipinski definition) is 4. The van der Waals surface area contributed by atoms with E-state index in [1.54, 1.807) is 12.1 Å². The van der Waals surface area contributed by atoms with Crippen LogP contribution < -0.4 is 9.64 Å². The van der Waals surface area contributed by atoms with Crippen molar-refractivity contribution >= 4 is 17.8 Å². The van der Waals surface area contributed by atoms with E-state index in [1.807, 2.05) is 56.3 Å². The Morgan fingerprint density at radius 3 is 2.12 bits per heavy atom. The minimum Gasteiger partial charge on any atom is -0.493 e. The highest BCUT2D eigenvalue weighted by Gasteiger charge is 2.25. The summed E-state index contributed by atoms with van der Waals surface area (Å²) in [7, 11) is 0. The monoisotopic (exact) mass is 464 g/mol. The third-order valence-corrected chi connectivity index (χ3v) is 6.09. The zero-order chi connectivity index (χ0) is 23.0. The van der Waals surface area contributed by atoms with E-state index in [0.717, 1.165) is 43.7 Å². The average molecular weight is 465 g/mol. The molecule has 0 aromatic heterocycles. The lowest BCUT2D eigenvalue weighted by molar-refractivity contribution is 0.147. The minimum absolute atomic E-state index is 0.0892. The zero-order valence-electron chi connectivity index (χ0n) is 19.5. The summed E-state index contributed by atoms with van der Waals surface area (Å²) in [5.74, 6) is 1.09. The molecule has 1 heterocycles. The highest BCUT2D eigenvalue weighted by molar-refractivity contribution is 7.94. The van der Waals surface area contributed by atoms with Gasteiger partial charge in [-0.15, -0.1) is 0 Å². The Hall–Kier alpha value is -1.79. The van der Waals surface area contributed by atoms with Crippen LogP contribution in [0.4, 0.5) is 14.0 Å². The fourth-order valence-electron chi connectivity index (χ4n) is 4.19. The first-order chi connectivity index (χ1) is 15.8. The Morgan fingerprint density at radius 1 is 0.875 bits per heavy atom. The van der Waals surface area contributed by atoms with Crippen LogP contribution in [0.15, 0.2) is 54.6 Å². The van der Waals surface area contributed by atoms with E-state index in [1.165, 1.54) is 32.1 Å². The van der Waals surface area contributed by atoms with Crippen molar-refractivity contribution in [2.24, 2.45) is 0 Å². The minimum atomic E-state index is -0.0892. The van der Waals surface area contributed by atoms with Crippen molar-refractivity contribution < 1.29 is 13.0 Å². The largest absolute Gasteiger partial charge is 0.493 e. The lowest BCUT2D eigenvalue weighted by Crippen LogP contribution is -2.51. The van der Waals surface area contributed by atoms with E-state index >= 15 is 0 Å². The summed E-state index contributed by atoms with van der Waals surface area (Å²) < 4.78 is 30.5. The van der Waals surface area contributed by atoms with Gasteiger partial charge >= 0.3 is 0 Å². The van der Waals surface area contributed by atoms with Crippen molar-refractivity contribution in [3.05, 3.63) is 60.4 Å². The normalized spacial score (nSPS) is 16.9. The van der Waals surface area contributed by atoms with Gasteiger partial charge < -0.3 is 9.64 Å². The molecule has 0 atom stereocenters. The molecule has 1 aliphatic carbocycles. The number of ether oxygens (including phenoxy) is 1. The molecule has 0 radical (unpaired) electrons.